The lowest BCUT2D eigenvalue weighted by molar-refractivity contribution is 0.146. The zero-order valence-corrected chi connectivity index (χ0v) is 10.7. The molecule has 1 aliphatic rings. The molecule has 1 aromatic rings. The highest BCUT2D eigenvalue weighted by Crippen LogP contribution is 2.14. The van der Waals surface area contributed by atoms with Crippen LogP contribution in [0, 0.1) is 0 Å². The summed E-state index contributed by atoms with van der Waals surface area (Å²) in [5, 5.41) is 8.99. The van der Waals surface area contributed by atoms with Crippen molar-refractivity contribution >= 4 is 5.69 Å². The molecule has 18 heavy (non-hydrogen) atoms. The summed E-state index contributed by atoms with van der Waals surface area (Å²) in [5.74, 6) is 0. The summed E-state index contributed by atoms with van der Waals surface area (Å²) in [7, 11) is 0. The van der Waals surface area contributed by atoms with Crippen molar-refractivity contribution in [2.45, 2.75) is 13.0 Å². The van der Waals surface area contributed by atoms with E-state index in [2.05, 4.69) is 16.7 Å². The molecule has 1 aliphatic heterocycles. The molecule has 0 spiro atoms. The highest BCUT2D eigenvalue weighted by Gasteiger charge is 2.23. The van der Waals surface area contributed by atoms with Gasteiger partial charge in [0.2, 0.25) is 5.43 Å². The SMILES string of the molecule is CC1CN(c2cccccc2=O)CCN1CCO. The van der Waals surface area contributed by atoms with Crippen molar-refractivity contribution in [2.24, 2.45) is 0 Å². The fraction of sp³-hybridized carbons (Fsp3) is 0.500. The normalized spacial score (nSPS) is 21.0. The lowest BCUT2D eigenvalue weighted by Gasteiger charge is -2.40. The van der Waals surface area contributed by atoms with Crippen LogP contribution in [0.3, 0.4) is 0 Å². The molecule has 4 heteroatoms. The van der Waals surface area contributed by atoms with Crippen molar-refractivity contribution in [3.63, 3.8) is 0 Å². The molecule has 1 heterocycles. The van der Waals surface area contributed by atoms with Crippen molar-refractivity contribution in [3.8, 4) is 0 Å². The maximum Gasteiger partial charge on any atom is 0.201 e. The van der Waals surface area contributed by atoms with Crippen molar-refractivity contribution < 1.29 is 5.11 Å². The summed E-state index contributed by atoms with van der Waals surface area (Å²) >= 11 is 0. The summed E-state index contributed by atoms with van der Waals surface area (Å²) in [6.45, 7) is 5.59. The number of rotatable bonds is 3. The van der Waals surface area contributed by atoms with E-state index in [4.69, 9.17) is 5.11 Å². The van der Waals surface area contributed by atoms with Gasteiger partial charge in [0, 0.05) is 32.2 Å². The summed E-state index contributed by atoms with van der Waals surface area (Å²) in [4.78, 5) is 16.3. The van der Waals surface area contributed by atoms with Gasteiger partial charge >= 0.3 is 0 Å². The quantitative estimate of drug-likeness (QED) is 0.848. The Hall–Kier alpha value is -1.39. The fourth-order valence-corrected chi connectivity index (χ4v) is 2.46. The second-order valence-electron chi connectivity index (χ2n) is 4.71. The average Bonchev–Trinajstić information content (AvgIpc) is 2.57. The maximum atomic E-state index is 11.9. The van der Waals surface area contributed by atoms with Crippen molar-refractivity contribution in [2.75, 3.05) is 37.7 Å². The lowest BCUT2D eigenvalue weighted by atomic mass is 10.1. The van der Waals surface area contributed by atoms with Gasteiger partial charge in [-0.2, -0.15) is 0 Å². The second kappa shape index (κ2) is 5.98. The Bertz CT molecular complexity index is 450. The first-order chi connectivity index (χ1) is 8.72. The van der Waals surface area contributed by atoms with E-state index < -0.39 is 0 Å². The average molecular weight is 248 g/mol. The number of hydrogen-bond acceptors (Lipinski definition) is 4. The Morgan fingerprint density at radius 3 is 2.78 bits per heavy atom. The molecule has 1 fully saturated rings. The number of aliphatic hydroxyl groups excluding tert-OH is 1. The van der Waals surface area contributed by atoms with Crippen molar-refractivity contribution in [3.05, 3.63) is 40.6 Å². The molecule has 1 atom stereocenters. The highest BCUT2D eigenvalue weighted by atomic mass is 16.3. The molecule has 1 N–H and O–H groups in total. The van der Waals surface area contributed by atoms with Crippen LogP contribution in [0.25, 0.3) is 0 Å². The Balaban J connectivity index is 2.13. The maximum absolute atomic E-state index is 11.9. The van der Waals surface area contributed by atoms with Crippen LogP contribution in [0.5, 0.6) is 0 Å². The molecule has 1 aromatic carbocycles. The van der Waals surface area contributed by atoms with E-state index in [1.807, 2.05) is 18.2 Å². The van der Waals surface area contributed by atoms with Gasteiger partial charge in [0.1, 0.15) is 0 Å². The number of piperazine rings is 1. The van der Waals surface area contributed by atoms with Gasteiger partial charge in [-0.1, -0.05) is 18.2 Å². The van der Waals surface area contributed by atoms with Crippen LogP contribution in [0.4, 0.5) is 5.69 Å². The fourth-order valence-electron chi connectivity index (χ4n) is 2.46. The van der Waals surface area contributed by atoms with Gasteiger partial charge in [0.05, 0.1) is 12.3 Å². The predicted molar refractivity (Wildman–Crippen MR) is 73.0 cm³/mol. The van der Waals surface area contributed by atoms with E-state index in [9.17, 15) is 4.79 Å². The van der Waals surface area contributed by atoms with Gasteiger partial charge in [-0.3, -0.25) is 9.69 Å². The van der Waals surface area contributed by atoms with Gasteiger partial charge in [0.15, 0.2) is 0 Å². The molecule has 0 aliphatic carbocycles. The van der Waals surface area contributed by atoms with Gasteiger partial charge in [-0.05, 0) is 19.1 Å². The molecule has 0 bridgehead atoms. The van der Waals surface area contributed by atoms with E-state index in [0.29, 0.717) is 12.6 Å². The topological polar surface area (TPSA) is 43.8 Å². The van der Waals surface area contributed by atoms with Crippen LogP contribution in [0.15, 0.2) is 35.1 Å². The molecule has 0 amide bonds. The number of anilines is 1. The van der Waals surface area contributed by atoms with E-state index in [0.717, 1.165) is 25.3 Å². The minimum Gasteiger partial charge on any atom is -0.395 e. The molecule has 98 valence electrons. The van der Waals surface area contributed by atoms with Crippen LogP contribution >= 0.6 is 0 Å². The van der Waals surface area contributed by atoms with Crippen LogP contribution in [-0.4, -0.2) is 48.8 Å². The van der Waals surface area contributed by atoms with Crippen molar-refractivity contribution in [1.82, 2.24) is 4.90 Å². The summed E-state index contributed by atoms with van der Waals surface area (Å²) in [5.41, 5.74) is 0.846. The van der Waals surface area contributed by atoms with Gasteiger partial charge in [-0.25, -0.2) is 0 Å². The van der Waals surface area contributed by atoms with Gasteiger partial charge < -0.3 is 10.0 Å². The smallest absolute Gasteiger partial charge is 0.201 e. The summed E-state index contributed by atoms with van der Waals surface area (Å²) in [6.07, 6.45) is 0. The third-order valence-electron chi connectivity index (χ3n) is 3.47. The summed E-state index contributed by atoms with van der Waals surface area (Å²) < 4.78 is 0. The van der Waals surface area contributed by atoms with E-state index in [1.54, 1.807) is 12.1 Å². The number of hydrogen-bond donors (Lipinski definition) is 1. The lowest BCUT2D eigenvalue weighted by Crippen LogP contribution is -2.53. The molecule has 0 aromatic heterocycles. The predicted octanol–water partition coefficient (Wildman–Crippen LogP) is 0.550. The Morgan fingerprint density at radius 1 is 1.28 bits per heavy atom. The molecule has 0 saturated carbocycles. The van der Waals surface area contributed by atoms with E-state index >= 15 is 0 Å². The Morgan fingerprint density at radius 2 is 2.06 bits per heavy atom. The minimum absolute atomic E-state index is 0.0720. The first-order valence-electron chi connectivity index (χ1n) is 6.41. The van der Waals surface area contributed by atoms with Crippen LogP contribution in [0.1, 0.15) is 6.92 Å². The molecular weight excluding hydrogens is 228 g/mol. The van der Waals surface area contributed by atoms with Crippen LogP contribution < -0.4 is 10.3 Å². The number of nitrogens with zero attached hydrogens (tertiary/aromatic N) is 2. The van der Waals surface area contributed by atoms with Gasteiger partial charge in [0.25, 0.3) is 0 Å². The second-order valence-corrected chi connectivity index (χ2v) is 4.71. The molecule has 4 nitrogen and oxygen atoms in total. The van der Waals surface area contributed by atoms with Crippen molar-refractivity contribution in [1.29, 1.82) is 0 Å². The molecule has 0 radical (unpaired) electrons. The first-order valence-corrected chi connectivity index (χ1v) is 6.41. The third-order valence-corrected chi connectivity index (χ3v) is 3.47. The van der Waals surface area contributed by atoms with E-state index in [-0.39, 0.29) is 12.0 Å². The molecular formula is C14H20N2O2. The number of aliphatic hydroxyl groups is 1. The van der Waals surface area contributed by atoms with Gasteiger partial charge in [-0.15, -0.1) is 0 Å². The minimum atomic E-state index is 0.0720. The molecule has 1 unspecified atom stereocenters. The molecule has 2 rings (SSSR count). The Kier molecular flexibility index (Phi) is 4.33. The Labute approximate surface area is 107 Å². The van der Waals surface area contributed by atoms with Crippen LogP contribution in [0.2, 0.25) is 0 Å². The van der Waals surface area contributed by atoms with E-state index in [1.165, 1.54) is 0 Å². The highest BCUT2D eigenvalue weighted by molar-refractivity contribution is 5.45. The first kappa shape index (κ1) is 13.1. The third kappa shape index (κ3) is 2.89. The standard InChI is InChI=1S/C14H20N2O2/c1-12-11-16(8-7-15(12)9-10-17)13-5-3-2-4-6-14(13)18/h2-6,12,17H,7-11H2,1H3. The molecule has 1 saturated heterocycles. The number of β-amino-alcohol motifs (C(OH)–C–C–N with tert-alkyl or cyclic N) is 1. The largest absolute Gasteiger partial charge is 0.395 e. The summed E-state index contributed by atoms with van der Waals surface area (Å²) in [6, 6.07) is 9.40. The zero-order chi connectivity index (χ0) is 13.0. The zero-order valence-electron chi connectivity index (χ0n) is 10.7. The van der Waals surface area contributed by atoms with Crippen LogP contribution in [-0.2, 0) is 0 Å². The monoisotopic (exact) mass is 248 g/mol.